The Hall–Kier alpha value is -3.51. The Bertz CT molecular complexity index is 1230. The maximum absolute atomic E-state index is 12.8. The van der Waals surface area contributed by atoms with E-state index in [1.807, 2.05) is 79.7 Å². The van der Waals surface area contributed by atoms with Crippen LogP contribution in [0.25, 0.3) is 21.8 Å². The number of aromatic nitrogens is 1. The number of benzene rings is 3. The lowest BCUT2D eigenvalue weighted by Gasteiger charge is -2.13. The molecule has 0 atom stereocenters. The highest BCUT2D eigenvalue weighted by Gasteiger charge is 2.09. The van der Waals surface area contributed by atoms with Crippen molar-refractivity contribution in [3.05, 3.63) is 88.6 Å². The van der Waals surface area contributed by atoms with E-state index in [4.69, 9.17) is 4.74 Å². The molecule has 0 bridgehead atoms. The minimum Gasteiger partial charge on any atom is -0.481 e. The minimum absolute atomic E-state index is 0.0669. The van der Waals surface area contributed by atoms with Gasteiger partial charge in [0.1, 0.15) is 12.4 Å². The van der Waals surface area contributed by atoms with Gasteiger partial charge in [0.2, 0.25) is 0 Å². The number of para-hydroxylation sites is 2. The highest BCUT2D eigenvalue weighted by atomic mass is 16.5. The number of nitrogens with zero attached hydrogens (tertiary/aromatic N) is 1. The maximum atomic E-state index is 12.8. The van der Waals surface area contributed by atoms with E-state index in [2.05, 4.69) is 16.4 Å². The molecule has 0 radical (unpaired) electrons. The zero-order chi connectivity index (χ0) is 18.6. The van der Waals surface area contributed by atoms with Crippen LogP contribution in [0.4, 0.5) is 0 Å². The summed E-state index contributed by atoms with van der Waals surface area (Å²) in [5.74, 6) is 7.06. The summed E-state index contributed by atoms with van der Waals surface area (Å²) in [6.07, 6.45) is 0. The van der Waals surface area contributed by atoms with Crippen LogP contribution in [0.5, 0.6) is 5.75 Å². The Morgan fingerprint density at radius 2 is 1.59 bits per heavy atom. The van der Waals surface area contributed by atoms with Crippen LogP contribution in [0.15, 0.2) is 77.6 Å². The van der Waals surface area contributed by atoms with Crippen molar-refractivity contribution in [3.63, 3.8) is 0 Å². The SMILES string of the molecule is Cc1ccc2c(=O)c3ccccc3n(CC#CCOc3ccccc3)c2c1. The summed E-state index contributed by atoms with van der Waals surface area (Å²) in [6.45, 7) is 2.86. The fourth-order valence-corrected chi connectivity index (χ4v) is 3.23. The van der Waals surface area contributed by atoms with Crippen LogP contribution in [0, 0.1) is 18.8 Å². The van der Waals surface area contributed by atoms with Gasteiger partial charge in [-0.2, -0.15) is 0 Å². The van der Waals surface area contributed by atoms with Crippen molar-refractivity contribution in [2.75, 3.05) is 6.61 Å². The molecule has 4 rings (SSSR count). The van der Waals surface area contributed by atoms with Gasteiger partial charge in [0, 0.05) is 10.8 Å². The number of pyridine rings is 1. The molecule has 3 nitrogen and oxygen atoms in total. The van der Waals surface area contributed by atoms with Crippen molar-refractivity contribution in [2.45, 2.75) is 13.5 Å². The van der Waals surface area contributed by atoms with Gasteiger partial charge in [-0.25, -0.2) is 0 Å². The molecule has 0 spiro atoms. The summed E-state index contributed by atoms with van der Waals surface area (Å²) in [7, 11) is 0. The number of fused-ring (bicyclic) bond motifs is 2. The number of hydrogen-bond donors (Lipinski definition) is 0. The number of ether oxygens (including phenoxy) is 1. The molecule has 0 aliphatic heterocycles. The van der Waals surface area contributed by atoms with Crippen molar-refractivity contribution >= 4 is 21.8 Å². The summed E-state index contributed by atoms with van der Waals surface area (Å²) in [5, 5.41) is 1.44. The van der Waals surface area contributed by atoms with Crippen LogP contribution < -0.4 is 10.2 Å². The van der Waals surface area contributed by atoms with Gasteiger partial charge in [0.05, 0.1) is 17.6 Å². The highest BCUT2D eigenvalue weighted by molar-refractivity contribution is 5.93. The third-order valence-electron chi connectivity index (χ3n) is 4.54. The Morgan fingerprint density at radius 1 is 0.852 bits per heavy atom. The quantitative estimate of drug-likeness (QED) is 0.400. The van der Waals surface area contributed by atoms with E-state index >= 15 is 0 Å². The number of hydrogen-bond acceptors (Lipinski definition) is 2. The van der Waals surface area contributed by atoms with E-state index in [-0.39, 0.29) is 5.43 Å². The molecular weight excluding hydrogens is 334 g/mol. The molecular formula is C24H19NO2. The number of rotatable bonds is 3. The van der Waals surface area contributed by atoms with E-state index in [0.717, 1.165) is 33.1 Å². The predicted molar refractivity (Wildman–Crippen MR) is 110 cm³/mol. The molecule has 0 unspecified atom stereocenters. The second kappa shape index (κ2) is 7.39. The highest BCUT2D eigenvalue weighted by Crippen LogP contribution is 2.20. The van der Waals surface area contributed by atoms with Crippen LogP contribution in [-0.2, 0) is 6.54 Å². The average molecular weight is 353 g/mol. The summed E-state index contributed by atoms with van der Waals surface area (Å²) in [6, 6.07) is 23.3. The largest absolute Gasteiger partial charge is 0.481 e. The second-order valence-corrected chi connectivity index (χ2v) is 6.41. The molecule has 27 heavy (non-hydrogen) atoms. The van der Waals surface area contributed by atoms with Gasteiger partial charge in [0.25, 0.3) is 0 Å². The van der Waals surface area contributed by atoms with Crippen LogP contribution in [0.3, 0.4) is 0 Å². The van der Waals surface area contributed by atoms with Crippen LogP contribution >= 0.6 is 0 Å². The van der Waals surface area contributed by atoms with Gasteiger partial charge < -0.3 is 9.30 Å². The first-order chi connectivity index (χ1) is 13.2. The normalized spacial score (nSPS) is 10.6. The first kappa shape index (κ1) is 16.9. The van der Waals surface area contributed by atoms with E-state index in [9.17, 15) is 4.79 Å². The van der Waals surface area contributed by atoms with Gasteiger partial charge in [-0.05, 0) is 48.9 Å². The maximum Gasteiger partial charge on any atom is 0.197 e. The van der Waals surface area contributed by atoms with Crippen molar-refractivity contribution < 1.29 is 4.74 Å². The lowest BCUT2D eigenvalue weighted by molar-refractivity contribution is 0.370. The van der Waals surface area contributed by atoms with E-state index in [1.54, 1.807) is 0 Å². The lowest BCUT2D eigenvalue weighted by atomic mass is 10.1. The molecule has 4 aromatic rings. The second-order valence-electron chi connectivity index (χ2n) is 6.41. The minimum atomic E-state index is 0.0669. The van der Waals surface area contributed by atoms with Crippen LogP contribution in [0.2, 0.25) is 0 Å². The summed E-state index contributed by atoms with van der Waals surface area (Å²) in [5.41, 5.74) is 3.00. The molecule has 3 heteroatoms. The average Bonchev–Trinajstić information content (AvgIpc) is 2.70. The molecule has 1 aromatic heterocycles. The Balaban J connectivity index is 1.70. The third-order valence-corrected chi connectivity index (χ3v) is 4.54. The van der Waals surface area contributed by atoms with Crippen molar-refractivity contribution in [1.82, 2.24) is 4.57 Å². The molecule has 0 fully saturated rings. The van der Waals surface area contributed by atoms with Crippen molar-refractivity contribution in [3.8, 4) is 17.6 Å². The fourth-order valence-electron chi connectivity index (χ4n) is 3.23. The molecule has 3 aromatic carbocycles. The van der Waals surface area contributed by atoms with Crippen molar-refractivity contribution in [2.24, 2.45) is 0 Å². The van der Waals surface area contributed by atoms with Gasteiger partial charge in [-0.3, -0.25) is 4.79 Å². The van der Waals surface area contributed by atoms with Gasteiger partial charge in [-0.1, -0.05) is 48.2 Å². The molecule has 0 N–H and O–H groups in total. The summed E-state index contributed by atoms with van der Waals surface area (Å²) >= 11 is 0. The Labute approximate surface area is 157 Å². The molecule has 0 aliphatic carbocycles. The van der Waals surface area contributed by atoms with Gasteiger partial charge in [0.15, 0.2) is 5.43 Å². The monoisotopic (exact) mass is 353 g/mol. The molecule has 132 valence electrons. The first-order valence-corrected chi connectivity index (χ1v) is 8.89. The standard InChI is InChI=1S/C24H19NO2/c1-18-13-14-21-23(17-18)25(22-12-6-5-11-20(22)24(21)26)15-7-8-16-27-19-9-3-2-4-10-19/h2-6,9-14,17H,15-16H2,1H3. The van der Waals surface area contributed by atoms with Crippen LogP contribution in [-0.4, -0.2) is 11.2 Å². The summed E-state index contributed by atoms with van der Waals surface area (Å²) in [4.78, 5) is 12.8. The van der Waals surface area contributed by atoms with Gasteiger partial charge in [-0.15, -0.1) is 0 Å². The Morgan fingerprint density at radius 3 is 2.44 bits per heavy atom. The molecule has 0 amide bonds. The predicted octanol–water partition coefficient (Wildman–Crippen LogP) is 4.55. The smallest absolute Gasteiger partial charge is 0.197 e. The first-order valence-electron chi connectivity index (χ1n) is 8.89. The number of aryl methyl sites for hydroxylation is 1. The van der Waals surface area contributed by atoms with E-state index < -0.39 is 0 Å². The zero-order valence-electron chi connectivity index (χ0n) is 15.1. The van der Waals surface area contributed by atoms with E-state index in [0.29, 0.717) is 13.2 Å². The lowest BCUT2D eigenvalue weighted by Crippen LogP contribution is -2.11. The molecule has 0 aliphatic rings. The van der Waals surface area contributed by atoms with Crippen molar-refractivity contribution in [1.29, 1.82) is 0 Å². The van der Waals surface area contributed by atoms with Crippen LogP contribution in [0.1, 0.15) is 5.56 Å². The zero-order valence-corrected chi connectivity index (χ0v) is 15.1. The van der Waals surface area contributed by atoms with Gasteiger partial charge >= 0.3 is 0 Å². The third kappa shape index (κ3) is 3.43. The Kier molecular flexibility index (Phi) is 4.63. The molecule has 0 saturated heterocycles. The topological polar surface area (TPSA) is 31.2 Å². The van der Waals surface area contributed by atoms with E-state index in [1.165, 1.54) is 0 Å². The summed E-state index contributed by atoms with van der Waals surface area (Å²) < 4.78 is 7.73. The fraction of sp³-hybridized carbons (Fsp3) is 0.125. The molecule has 0 saturated carbocycles. The molecule has 1 heterocycles.